The third kappa shape index (κ3) is 12.9. The van der Waals surface area contributed by atoms with Crippen molar-refractivity contribution in [3.63, 3.8) is 0 Å². The van der Waals surface area contributed by atoms with Crippen LogP contribution in [0, 0.1) is 71.0 Å². The molecule has 716 valence electrons. The summed E-state index contributed by atoms with van der Waals surface area (Å²) in [4.78, 5) is 7.72. The van der Waals surface area contributed by atoms with Crippen molar-refractivity contribution < 1.29 is 0 Å². The van der Waals surface area contributed by atoms with Crippen LogP contribution < -0.4 is 14.7 Å². The zero-order chi connectivity index (χ0) is 97.4. The molecule has 0 aromatic heterocycles. The summed E-state index contributed by atoms with van der Waals surface area (Å²) in [5, 5.41) is 10.3. The van der Waals surface area contributed by atoms with Gasteiger partial charge >= 0.3 is 0 Å². The zero-order valence-electron chi connectivity index (χ0n) is 84.5. The third-order valence-electron chi connectivity index (χ3n) is 39.9. The fourth-order valence-corrected chi connectivity index (χ4v) is 34.9. The van der Waals surface area contributed by atoms with Crippen LogP contribution in [0.15, 0.2) is 443 Å². The molecule has 148 heavy (non-hydrogen) atoms. The van der Waals surface area contributed by atoms with Crippen molar-refractivity contribution >= 4 is 94.3 Å². The summed E-state index contributed by atoms with van der Waals surface area (Å²) in [6.45, 7) is 4.76. The van der Waals surface area contributed by atoms with Gasteiger partial charge in [0.15, 0.2) is 0 Å². The Hall–Kier alpha value is -15.2. The molecule has 0 heterocycles. The summed E-state index contributed by atoms with van der Waals surface area (Å²) in [6, 6.07) is 168. The van der Waals surface area contributed by atoms with E-state index in [0.29, 0.717) is 0 Å². The maximum absolute atomic E-state index is 2.59. The zero-order valence-corrected chi connectivity index (χ0v) is 84.5. The van der Waals surface area contributed by atoms with Gasteiger partial charge in [0, 0.05) is 72.2 Å². The van der Waals surface area contributed by atoms with Gasteiger partial charge in [0.1, 0.15) is 0 Å². The van der Waals surface area contributed by atoms with E-state index < -0.39 is 0 Å². The molecule has 20 aromatic rings. The number of hydrogen-bond donors (Lipinski definition) is 0. The Kier molecular flexibility index (Phi) is 19.8. The van der Waals surface area contributed by atoms with Gasteiger partial charge in [-0.3, -0.25) is 0 Å². The van der Waals surface area contributed by atoms with Crippen LogP contribution in [0.5, 0.6) is 0 Å². The quantitative estimate of drug-likeness (QED) is 0.113. The molecule has 12 fully saturated rings. The Morgan fingerprint density at radius 2 is 0.453 bits per heavy atom. The van der Waals surface area contributed by atoms with Gasteiger partial charge < -0.3 is 14.7 Å². The normalized spacial score (nSPS) is 24.8. The molecule has 12 bridgehead atoms. The lowest BCUT2D eigenvalue weighted by molar-refractivity contribution is -0.0399. The molecule has 0 unspecified atom stereocenters. The minimum atomic E-state index is -0.0224. The van der Waals surface area contributed by atoms with Crippen LogP contribution in [0.1, 0.15) is 155 Å². The smallest absolute Gasteiger partial charge is 0.0546 e. The highest BCUT2D eigenvalue weighted by Gasteiger charge is 2.66. The molecule has 16 aliphatic carbocycles. The molecule has 3 heteroatoms. The summed E-state index contributed by atoms with van der Waals surface area (Å²) >= 11 is 0. The number of fused-ring (bicyclic) bond motifs is 18. The van der Waals surface area contributed by atoms with E-state index in [9.17, 15) is 0 Å². The van der Waals surface area contributed by atoms with E-state index in [2.05, 4.69) is 471 Å². The van der Waals surface area contributed by atoms with E-state index in [4.69, 9.17) is 0 Å². The molecule has 0 amide bonds. The highest BCUT2D eigenvalue weighted by molar-refractivity contribution is 6.16. The molecule has 3 nitrogen and oxygen atoms in total. The highest BCUT2D eigenvalue weighted by atomic mass is 15.2. The maximum Gasteiger partial charge on any atom is 0.0546 e. The molecule has 36 rings (SSSR count). The molecular weight excluding hydrogens is 1780 g/mol. The fraction of sp³-hybridized carbons (Fsp3) is 0.228. The van der Waals surface area contributed by atoms with Gasteiger partial charge in [-0.15, -0.1) is 0 Å². The topological polar surface area (TPSA) is 9.72 Å². The molecular formula is C145H121N3. The SMILES string of the molecule is CC1(C)c2ccccc2-c2cc(N(c3ccc(-c4ccccc4)cc3)c3cccc4c3-c3ccccc3C43C4CC5CC(C4)CC3C5)ccc21.c1ccc(-c2ccc(N(c3ccc4c(ccc5ccccc54)c3)c3cccc4c3-c3ccccc3C43C4CC5CC(C4)CC3C5)cc2)cc1.c1ccc(-c2ccc(N(c3cccc4c3-c3ccccc3C43C4CC5CC(C4)CC3C5)c3cc4ccccc4c4ccccc34)cc2)cc1. The summed E-state index contributed by atoms with van der Waals surface area (Å²) in [6.07, 6.45) is 21.2. The molecule has 0 radical (unpaired) electrons. The van der Waals surface area contributed by atoms with Crippen molar-refractivity contribution in [1.82, 2.24) is 0 Å². The van der Waals surface area contributed by atoms with Gasteiger partial charge in [-0.2, -0.15) is 0 Å². The van der Waals surface area contributed by atoms with E-state index in [1.54, 1.807) is 33.4 Å². The van der Waals surface area contributed by atoms with E-state index >= 15 is 0 Å². The van der Waals surface area contributed by atoms with Crippen LogP contribution in [-0.4, -0.2) is 0 Å². The van der Waals surface area contributed by atoms with Crippen molar-refractivity contribution in [1.29, 1.82) is 0 Å². The second-order valence-electron chi connectivity index (χ2n) is 47.3. The lowest BCUT2D eigenvalue weighted by atomic mass is 9.43. The van der Waals surface area contributed by atoms with Crippen LogP contribution in [0.4, 0.5) is 51.2 Å². The maximum atomic E-state index is 2.59. The molecule has 0 N–H and O–H groups in total. The van der Waals surface area contributed by atoms with Gasteiger partial charge in [-0.25, -0.2) is 0 Å². The molecule has 12 saturated carbocycles. The monoisotopic (exact) mass is 1900 g/mol. The first kappa shape index (κ1) is 87.1. The van der Waals surface area contributed by atoms with Crippen molar-refractivity contribution in [2.75, 3.05) is 14.7 Å². The first-order valence-corrected chi connectivity index (χ1v) is 55.7. The molecule has 0 aliphatic heterocycles. The van der Waals surface area contributed by atoms with Crippen molar-refractivity contribution in [3.8, 4) is 77.9 Å². The Labute approximate surface area is 870 Å². The molecule has 16 aliphatic rings. The standard InChI is InChI=1S/C49H43N.2C48H39N/c1-48(2)42-15-8-6-13-39(42)41-30-38(23-24-43(41)48)50(37-21-19-34(20-22-37)33-11-4-3-5-12-33)46-18-10-17-45-47(46)40-14-7-9-16-44(40)49(45)35-26-31-25-32(28-35)29-36(49)27-31;1-2-11-33(12-3-1)34-21-23-38(24-22-34)49(46-30-35-13-4-5-14-39(35)40-15-6-7-16-41(40)46)45-20-10-19-44-47(45)42-17-8-9-18-43(42)48(44)36-26-31-25-32(28-36)29-37(48)27-31;1-2-9-33(10-3-1)34-19-21-39(22-20-34)49(40-23-24-42-36(30-40)18-17-35-11-4-5-12-41(35)42)46-16-8-15-45-47(46)43-13-6-7-14-44(43)48(45)37-26-31-25-32(28-37)29-38(48)27-31/h3-24,30-32,35-36H,25-29H2,1-2H3;1-24,30-32,36-37H,25-29H2;1-24,30-32,37-38H,25-29H2. The van der Waals surface area contributed by atoms with Gasteiger partial charge in [0.25, 0.3) is 0 Å². The Morgan fingerprint density at radius 3 is 0.878 bits per heavy atom. The Morgan fingerprint density at radius 1 is 0.169 bits per heavy atom. The van der Waals surface area contributed by atoms with E-state index in [0.717, 1.165) is 71.0 Å². The van der Waals surface area contributed by atoms with Gasteiger partial charge in [-0.05, 0) is 396 Å². The molecule has 0 atom stereocenters. The van der Waals surface area contributed by atoms with E-state index in [-0.39, 0.29) is 21.7 Å². The van der Waals surface area contributed by atoms with Crippen molar-refractivity contribution in [2.24, 2.45) is 71.0 Å². The third-order valence-corrected chi connectivity index (χ3v) is 39.9. The number of benzene rings is 20. The molecule has 0 saturated heterocycles. The van der Waals surface area contributed by atoms with Crippen LogP contribution >= 0.6 is 0 Å². The predicted octanol–water partition coefficient (Wildman–Crippen LogP) is 38.6. The Balaban J connectivity index is 0.000000100. The molecule has 3 spiro atoms. The largest absolute Gasteiger partial charge is 0.310 e. The lowest BCUT2D eigenvalue weighted by Gasteiger charge is -2.61. The highest BCUT2D eigenvalue weighted by Crippen LogP contribution is 2.75. The number of anilines is 9. The summed E-state index contributed by atoms with van der Waals surface area (Å²) in [5.41, 5.74) is 42.9. The van der Waals surface area contributed by atoms with Gasteiger partial charge in [0.05, 0.1) is 22.7 Å². The number of rotatable bonds is 12. The second kappa shape index (κ2) is 33.7. The van der Waals surface area contributed by atoms with Crippen LogP contribution in [-0.2, 0) is 21.7 Å². The van der Waals surface area contributed by atoms with E-state index in [1.807, 2.05) is 0 Å². The number of hydrogen-bond acceptors (Lipinski definition) is 3. The summed E-state index contributed by atoms with van der Waals surface area (Å²) < 4.78 is 0. The van der Waals surface area contributed by atoms with Crippen LogP contribution in [0.2, 0.25) is 0 Å². The fourth-order valence-electron chi connectivity index (χ4n) is 34.9. The number of nitrogens with zero attached hydrogens (tertiary/aromatic N) is 3. The average molecular weight is 1910 g/mol. The minimum Gasteiger partial charge on any atom is -0.310 e. The summed E-state index contributed by atoms with van der Waals surface area (Å²) in [7, 11) is 0. The second-order valence-corrected chi connectivity index (χ2v) is 47.3. The van der Waals surface area contributed by atoms with E-state index in [1.165, 1.54) is 280 Å². The van der Waals surface area contributed by atoms with Crippen molar-refractivity contribution in [3.05, 3.63) is 487 Å². The molecule has 20 aromatic carbocycles. The van der Waals surface area contributed by atoms with Crippen LogP contribution in [0.3, 0.4) is 0 Å². The Bertz CT molecular complexity index is 8640. The van der Waals surface area contributed by atoms with Crippen molar-refractivity contribution in [2.45, 2.75) is 132 Å². The minimum absolute atomic E-state index is 0.0224. The first-order chi connectivity index (χ1) is 73.0. The van der Waals surface area contributed by atoms with Crippen LogP contribution in [0.25, 0.3) is 121 Å². The van der Waals surface area contributed by atoms with Gasteiger partial charge in [-0.1, -0.05) is 372 Å². The first-order valence-electron chi connectivity index (χ1n) is 55.7. The lowest BCUT2D eigenvalue weighted by Crippen LogP contribution is -2.55. The van der Waals surface area contributed by atoms with Gasteiger partial charge in [0.2, 0.25) is 0 Å². The summed E-state index contributed by atoms with van der Waals surface area (Å²) in [5.74, 6) is 10.0. The predicted molar refractivity (Wildman–Crippen MR) is 617 cm³/mol. The average Bonchev–Trinajstić information content (AvgIpc) is 1.51.